The third-order valence-electron chi connectivity index (χ3n) is 11.9. The van der Waals surface area contributed by atoms with Crippen molar-refractivity contribution in [2.45, 2.75) is 26.2 Å². The molecular formula is C53H41N5. The van der Waals surface area contributed by atoms with E-state index >= 15 is 0 Å². The van der Waals surface area contributed by atoms with Gasteiger partial charge in [0.2, 0.25) is 0 Å². The van der Waals surface area contributed by atoms with E-state index < -0.39 is 0 Å². The van der Waals surface area contributed by atoms with Crippen LogP contribution in [0, 0.1) is 0 Å². The lowest BCUT2D eigenvalue weighted by Crippen LogP contribution is -2.19. The van der Waals surface area contributed by atoms with Crippen molar-refractivity contribution in [3.05, 3.63) is 187 Å². The average Bonchev–Trinajstić information content (AvgIpc) is 3.83. The number of benzene rings is 6. The van der Waals surface area contributed by atoms with E-state index in [9.17, 15) is 0 Å². The van der Waals surface area contributed by atoms with Crippen molar-refractivity contribution >= 4 is 77.6 Å². The zero-order valence-electron chi connectivity index (χ0n) is 32.4. The Morgan fingerprint density at radius 1 is 0.759 bits per heavy atom. The third-order valence-corrected chi connectivity index (χ3v) is 11.9. The highest BCUT2D eigenvalue weighted by Crippen LogP contribution is 2.41. The summed E-state index contributed by atoms with van der Waals surface area (Å²) in [5.41, 5.74) is 16.0. The molecule has 0 radical (unpaired) electrons. The Labute approximate surface area is 337 Å². The lowest BCUT2D eigenvalue weighted by Gasteiger charge is -2.28. The molecule has 0 atom stereocenters. The van der Waals surface area contributed by atoms with Gasteiger partial charge in [-0.25, -0.2) is 4.98 Å². The van der Waals surface area contributed by atoms with Gasteiger partial charge in [-0.05, 0) is 103 Å². The van der Waals surface area contributed by atoms with Crippen molar-refractivity contribution in [3.8, 4) is 16.8 Å². The molecule has 10 aromatic rings. The van der Waals surface area contributed by atoms with Crippen LogP contribution in [0.25, 0.3) is 83.1 Å². The van der Waals surface area contributed by atoms with Crippen molar-refractivity contribution in [3.63, 3.8) is 0 Å². The molecule has 1 aliphatic rings. The average molecular weight is 748 g/mol. The molecule has 0 saturated heterocycles. The van der Waals surface area contributed by atoms with Crippen molar-refractivity contribution < 1.29 is 0 Å². The molecule has 5 heteroatoms. The van der Waals surface area contributed by atoms with Crippen LogP contribution in [0.2, 0.25) is 0 Å². The number of imidazole rings is 1. The summed E-state index contributed by atoms with van der Waals surface area (Å²) in [5, 5.41) is 5.80. The molecule has 0 fully saturated rings. The summed E-state index contributed by atoms with van der Waals surface area (Å²) in [7, 11) is 0. The number of aromatic nitrogens is 4. The summed E-state index contributed by atoms with van der Waals surface area (Å²) >= 11 is 0. The number of hydrogen-bond donors (Lipinski definition) is 0. The minimum atomic E-state index is 0.730. The van der Waals surface area contributed by atoms with Gasteiger partial charge in [-0.1, -0.05) is 109 Å². The fourth-order valence-electron chi connectivity index (χ4n) is 9.33. The maximum absolute atomic E-state index is 5.28. The number of para-hydroxylation sites is 4. The number of anilines is 2. The van der Waals surface area contributed by atoms with E-state index in [0.717, 1.165) is 92.2 Å². The van der Waals surface area contributed by atoms with Crippen LogP contribution >= 0.6 is 0 Å². The summed E-state index contributed by atoms with van der Waals surface area (Å²) in [6, 6.07) is 48.7. The minimum Gasteiger partial charge on any atom is -0.337 e. The molecule has 278 valence electrons. The monoisotopic (exact) mass is 747 g/mol. The van der Waals surface area contributed by atoms with Gasteiger partial charge in [-0.2, -0.15) is 0 Å². The second-order valence-corrected chi connectivity index (χ2v) is 15.2. The van der Waals surface area contributed by atoms with Gasteiger partial charge in [0.1, 0.15) is 5.65 Å². The summed E-state index contributed by atoms with van der Waals surface area (Å²) in [5.74, 6) is 0. The fourth-order valence-corrected chi connectivity index (χ4v) is 9.33. The second kappa shape index (κ2) is 13.7. The summed E-state index contributed by atoms with van der Waals surface area (Å²) in [6.07, 6.45) is 15.7. The van der Waals surface area contributed by atoms with E-state index in [0.29, 0.717) is 0 Å². The van der Waals surface area contributed by atoms with Gasteiger partial charge in [0.05, 0.1) is 33.0 Å². The predicted octanol–water partition coefficient (Wildman–Crippen LogP) is 13.4. The van der Waals surface area contributed by atoms with E-state index in [1.807, 2.05) is 18.3 Å². The number of rotatable bonds is 8. The molecule has 1 aliphatic carbocycles. The Morgan fingerprint density at radius 3 is 2.52 bits per heavy atom. The molecule has 6 aromatic carbocycles. The molecule has 4 heterocycles. The lowest BCUT2D eigenvalue weighted by atomic mass is 9.97. The standard InChI is InChI=1S/C53H41N5/c1-3-5-30-56(46-21-10-6-16-35(46)15-4-2)39-31-38(32-40(34-39)57-47-22-11-7-18-41(47)42-19-8-12-23-48(42)57)37-26-27-43-44-28-25-36-17-14-29-54-52(36)51(44)53-55-45-20-9-13-24-49(45)58(53)50(43)33-37/h3-11,13-14,16-22,24-29,31-34H,2,12,15,23,30H2,1H3/b5-3-. The molecule has 0 unspecified atom stereocenters. The molecule has 4 aromatic heterocycles. The van der Waals surface area contributed by atoms with Crippen LogP contribution in [0.3, 0.4) is 0 Å². The molecule has 0 aliphatic heterocycles. The first-order valence-corrected chi connectivity index (χ1v) is 20.2. The quantitative estimate of drug-likeness (QED) is 0.115. The normalized spacial score (nSPS) is 12.8. The van der Waals surface area contributed by atoms with Crippen LogP contribution in [0.5, 0.6) is 0 Å². The zero-order chi connectivity index (χ0) is 38.7. The van der Waals surface area contributed by atoms with Crippen molar-refractivity contribution in [1.29, 1.82) is 0 Å². The van der Waals surface area contributed by atoms with Crippen molar-refractivity contribution in [2.75, 3.05) is 11.4 Å². The van der Waals surface area contributed by atoms with E-state index in [1.165, 1.54) is 38.8 Å². The molecule has 0 spiro atoms. The molecular weight excluding hydrogens is 707 g/mol. The predicted molar refractivity (Wildman–Crippen MR) is 245 cm³/mol. The van der Waals surface area contributed by atoms with E-state index in [4.69, 9.17) is 9.97 Å². The highest BCUT2D eigenvalue weighted by Gasteiger charge is 2.22. The maximum atomic E-state index is 5.28. The molecule has 58 heavy (non-hydrogen) atoms. The zero-order valence-corrected chi connectivity index (χ0v) is 32.4. The largest absolute Gasteiger partial charge is 0.337 e. The minimum absolute atomic E-state index is 0.730. The Hall–Kier alpha value is -7.24. The first-order valence-electron chi connectivity index (χ1n) is 20.2. The van der Waals surface area contributed by atoms with Crippen LogP contribution in [-0.2, 0) is 12.8 Å². The van der Waals surface area contributed by atoms with Gasteiger partial charge in [-0.15, -0.1) is 6.58 Å². The highest BCUT2D eigenvalue weighted by molar-refractivity contribution is 6.22. The van der Waals surface area contributed by atoms with E-state index in [-0.39, 0.29) is 0 Å². The summed E-state index contributed by atoms with van der Waals surface area (Å²) in [6.45, 7) is 6.93. The topological polar surface area (TPSA) is 38.4 Å². The number of nitrogens with zero attached hydrogens (tertiary/aromatic N) is 5. The number of hydrogen-bond acceptors (Lipinski definition) is 3. The molecule has 0 bridgehead atoms. The summed E-state index contributed by atoms with van der Waals surface area (Å²) < 4.78 is 4.86. The molecule has 5 nitrogen and oxygen atoms in total. The van der Waals surface area contributed by atoms with Gasteiger partial charge in [0.25, 0.3) is 0 Å². The van der Waals surface area contributed by atoms with Crippen molar-refractivity contribution in [1.82, 2.24) is 18.9 Å². The first kappa shape index (κ1) is 34.0. The SMILES string of the molecule is C=CCc1ccccc1N(C/C=C\C)c1cc(-c2ccc3c4ccc5cccnc5c4c4nc5ccccc5n4c3c2)cc(-n2c3c(c4ccccc42)C=CCC3)c1. The van der Waals surface area contributed by atoms with Crippen LogP contribution in [0.1, 0.15) is 30.2 Å². The van der Waals surface area contributed by atoms with Gasteiger partial charge in [0.15, 0.2) is 0 Å². The Kier molecular flexibility index (Phi) is 8.07. The van der Waals surface area contributed by atoms with Crippen LogP contribution in [0.15, 0.2) is 171 Å². The number of allylic oxidation sites excluding steroid dienone is 3. The second-order valence-electron chi connectivity index (χ2n) is 15.2. The third kappa shape index (κ3) is 5.31. The van der Waals surface area contributed by atoms with Crippen LogP contribution in [-0.4, -0.2) is 25.5 Å². The molecule has 11 rings (SSSR count). The Balaban J connectivity index is 1.22. The van der Waals surface area contributed by atoms with E-state index in [1.54, 1.807) is 0 Å². The Bertz CT molecular complexity index is 3340. The van der Waals surface area contributed by atoms with E-state index in [2.05, 4.69) is 179 Å². The molecule has 0 amide bonds. The Morgan fingerprint density at radius 2 is 1.60 bits per heavy atom. The first-order chi connectivity index (χ1) is 28.7. The van der Waals surface area contributed by atoms with Crippen molar-refractivity contribution in [2.24, 2.45) is 0 Å². The lowest BCUT2D eigenvalue weighted by molar-refractivity contribution is 0.888. The van der Waals surface area contributed by atoms with Crippen LogP contribution < -0.4 is 4.90 Å². The number of fused-ring (bicyclic) bond motifs is 13. The van der Waals surface area contributed by atoms with Gasteiger partial charge >= 0.3 is 0 Å². The smallest absolute Gasteiger partial charge is 0.148 e. The highest BCUT2D eigenvalue weighted by atomic mass is 15.1. The summed E-state index contributed by atoms with van der Waals surface area (Å²) in [4.78, 5) is 12.6. The maximum Gasteiger partial charge on any atom is 0.148 e. The van der Waals surface area contributed by atoms with Crippen LogP contribution in [0.4, 0.5) is 11.4 Å². The van der Waals surface area contributed by atoms with Gasteiger partial charge < -0.3 is 9.47 Å². The molecule has 0 saturated carbocycles. The number of pyridine rings is 2. The van der Waals surface area contributed by atoms with Gasteiger partial charge in [0, 0.05) is 57.2 Å². The fraction of sp³-hybridized carbons (Fsp3) is 0.0943. The molecule has 0 N–H and O–H groups in total. The van der Waals surface area contributed by atoms with Gasteiger partial charge in [-0.3, -0.25) is 9.38 Å².